The Bertz CT molecular complexity index is 395. The second-order valence-corrected chi connectivity index (χ2v) is 4.22. The molecule has 0 saturated heterocycles. The quantitative estimate of drug-likeness (QED) is 0.768. The van der Waals surface area contributed by atoms with Gasteiger partial charge in [-0.05, 0) is 30.5 Å². The Morgan fingerprint density at radius 1 is 1.33 bits per heavy atom. The summed E-state index contributed by atoms with van der Waals surface area (Å²) < 4.78 is 12.6. The lowest BCUT2D eigenvalue weighted by Gasteiger charge is -2.20. The van der Waals surface area contributed by atoms with E-state index >= 15 is 0 Å². The van der Waals surface area contributed by atoms with Crippen molar-refractivity contribution in [2.24, 2.45) is 10.7 Å². The van der Waals surface area contributed by atoms with Crippen LogP contribution in [0.2, 0.25) is 0 Å². The van der Waals surface area contributed by atoms with Crippen molar-refractivity contribution in [1.82, 2.24) is 0 Å². The number of benzene rings is 1. The van der Waals surface area contributed by atoms with Gasteiger partial charge in [0.2, 0.25) is 0 Å². The highest BCUT2D eigenvalue weighted by atomic mass is 19.1. The molecule has 0 aliphatic heterocycles. The highest BCUT2D eigenvalue weighted by molar-refractivity contribution is 5.57. The Morgan fingerprint density at radius 2 is 2.00 bits per heavy atom. The van der Waals surface area contributed by atoms with Gasteiger partial charge in [0.25, 0.3) is 0 Å². The van der Waals surface area contributed by atoms with Gasteiger partial charge in [0.05, 0.1) is 0 Å². The Kier molecular flexibility index (Phi) is 6.29. The van der Waals surface area contributed by atoms with Crippen LogP contribution in [0.3, 0.4) is 0 Å². The van der Waals surface area contributed by atoms with Gasteiger partial charge in [-0.2, -0.15) is 0 Å². The van der Waals surface area contributed by atoms with Crippen molar-refractivity contribution < 1.29 is 4.39 Å². The van der Waals surface area contributed by atoms with Gasteiger partial charge < -0.3 is 5.73 Å². The summed E-state index contributed by atoms with van der Waals surface area (Å²) in [4.78, 5) is 4.01. The van der Waals surface area contributed by atoms with E-state index in [0.29, 0.717) is 0 Å². The summed E-state index contributed by atoms with van der Waals surface area (Å²) in [6.07, 6.45) is 6.26. The van der Waals surface area contributed by atoms with Crippen molar-refractivity contribution in [3.63, 3.8) is 0 Å². The zero-order valence-electron chi connectivity index (χ0n) is 11.0. The Balaban J connectivity index is 2.80. The molecule has 0 spiro atoms. The molecule has 2 nitrogen and oxygen atoms in total. The maximum absolute atomic E-state index is 12.6. The molecular formula is C15H21FN2. The molecule has 2 unspecified atom stereocenters. The minimum absolute atomic E-state index is 0.0849. The maximum atomic E-state index is 12.6. The summed E-state index contributed by atoms with van der Waals surface area (Å²) in [6.45, 7) is 3.42. The molecule has 0 heterocycles. The van der Waals surface area contributed by atoms with Gasteiger partial charge in [-0.1, -0.05) is 31.2 Å². The van der Waals surface area contributed by atoms with Gasteiger partial charge in [0.1, 0.15) is 6.67 Å². The predicted octanol–water partition coefficient (Wildman–Crippen LogP) is 3.54. The zero-order chi connectivity index (χ0) is 13.4. The molecule has 0 aromatic heterocycles. The molecular weight excluding hydrogens is 227 g/mol. The molecule has 0 saturated carbocycles. The number of alkyl halides is 1. The van der Waals surface area contributed by atoms with E-state index < -0.39 is 12.7 Å². The van der Waals surface area contributed by atoms with Gasteiger partial charge >= 0.3 is 0 Å². The van der Waals surface area contributed by atoms with E-state index in [1.807, 2.05) is 44.2 Å². The monoisotopic (exact) mass is 248 g/mol. The topological polar surface area (TPSA) is 38.4 Å². The first-order valence-corrected chi connectivity index (χ1v) is 6.28. The summed E-state index contributed by atoms with van der Waals surface area (Å²) in [5.74, 6) is 0.0849. The van der Waals surface area contributed by atoms with Crippen LogP contribution in [0.15, 0.2) is 35.5 Å². The summed E-state index contributed by atoms with van der Waals surface area (Å²) in [6, 6.07) is 7.62. The van der Waals surface area contributed by atoms with Crippen molar-refractivity contribution in [1.29, 1.82) is 0 Å². The van der Waals surface area contributed by atoms with Crippen LogP contribution in [-0.4, -0.2) is 18.9 Å². The van der Waals surface area contributed by atoms with E-state index in [4.69, 9.17) is 5.73 Å². The molecule has 0 aliphatic rings. The second kappa shape index (κ2) is 7.77. The highest BCUT2D eigenvalue weighted by Crippen LogP contribution is 2.23. The SMILES string of the molecule is C/C=N/C=C/c1ccc(C(CC)C(N)CF)cc1. The molecule has 18 heavy (non-hydrogen) atoms. The first-order valence-electron chi connectivity index (χ1n) is 6.28. The molecule has 3 heteroatoms. The van der Waals surface area contributed by atoms with Gasteiger partial charge in [-0.25, -0.2) is 4.39 Å². The third-order valence-corrected chi connectivity index (χ3v) is 3.00. The molecule has 2 N–H and O–H groups in total. The molecule has 2 atom stereocenters. The lowest BCUT2D eigenvalue weighted by molar-refractivity contribution is 0.380. The summed E-state index contributed by atoms with van der Waals surface area (Å²) in [5, 5.41) is 0. The highest BCUT2D eigenvalue weighted by Gasteiger charge is 2.17. The fraction of sp³-hybridized carbons (Fsp3) is 0.400. The second-order valence-electron chi connectivity index (χ2n) is 4.22. The lowest BCUT2D eigenvalue weighted by atomic mass is 9.90. The smallest absolute Gasteiger partial charge is 0.105 e. The Hall–Kier alpha value is -1.48. The molecule has 1 rings (SSSR count). The Morgan fingerprint density at radius 3 is 2.50 bits per heavy atom. The standard InChI is InChI=1S/C15H21FN2/c1-3-14(15(17)11-16)13-7-5-12(6-8-13)9-10-18-4-2/h4-10,14-15H,3,11,17H2,1-2H3/b10-9+,18-4+. The van der Waals surface area contributed by atoms with Crippen molar-refractivity contribution in [2.75, 3.05) is 6.67 Å². The average molecular weight is 248 g/mol. The molecule has 0 fully saturated rings. The number of rotatable bonds is 6. The third kappa shape index (κ3) is 4.08. The van der Waals surface area contributed by atoms with Crippen molar-refractivity contribution in [2.45, 2.75) is 32.2 Å². The summed E-state index contributed by atoms with van der Waals surface area (Å²) in [7, 11) is 0. The normalized spacial score (nSPS) is 15.3. The van der Waals surface area contributed by atoms with Crippen LogP contribution in [0.4, 0.5) is 4.39 Å². The lowest BCUT2D eigenvalue weighted by Crippen LogP contribution is -2.30. The van der Waals surface area contributed by atoms with E-state index in [-0.39, 0.29) is 5.92 Å². The van der Waals surface area contributed by atoms with Crippen LogP contribution in [0.1, 0.15) is 37.3 Å². The number of hydrogen-bond acceptors (Lipinski definition) is 2. The number of nitrogens with two attached hydrogens (primary N) is 1. The molecule has 0 bridgehead atoms. The fourth-order valence-corrected chi connectivity index (χ4v) is 1.96. The largest absolute Gasteiger partial charge is 0.325 e. The minimum atomic E-state index is -0.481. The van der Waals surface area contributed by atoms with Crippen LogP contribution in [-0.2, 0) is 0 Å². The van der Waals surface area contributed by atoms with Crippen LogP contribution in [0.5, 0.6) is 0 Å². The van der Waals surface area contributed by atoms with Gasteiger partial charge in [0, 0.05) is 24.4 Å². The number of nitrogens with zero attached hydrogens (tertiary/aromatic N) is 1. The van der Waals surface area contributed by atoms with Crippen LogP contribution in [0.25, 0.3) is 6.08 Å². The van der Waals surface area contributed by atoms with E-state index in [2.05, 4.69) is 4.99 Å². The number of halogens is 1. The first-order chi connectivity index (χ1) is 8.72. The van der Waals surface area contributed by atoms with Crippen LogP contribution < -0.4 is 5.73 Å². The average Bonchev–Trinajstić information content (AvgIpc) is 2.41. The first kappa shape index (κ1) is 14.6. The number of aliphatic imine (C=N–C) groups is 1. The van der Waals surface area contributed by atoms with E-state index in [1.54, 1.807) is 12.4 Å². The van der Waals surface area contributed by atoms with Crippen LogP contribution in [0, 0.1) is 0 Å². The fourth-order valence-electron chi connectivity index (χ4n) is 1.96. The zero-order valence-corrected chi connectivity index (χ0v) is 11.0. The van der Waals surface area contributed by atoms with E-state index in [9.17, 15) is 4.39 Å². The predicted molar refractivity (Wildman–Crippen MR) is 76.6 cm³/mol. The molecule has 98 valence electrons. The Labute approximate surface area is 108 Å². The van der Waals surface area contributed by atoms with Gasteiger partial charge in [-0.15, -0.1) is 0 Å². The van der Waals surface area contributed by atoms with E-state index in [0.717, 1.165) is 17.5 Å². The van der Waals surface area contributed by atoms with E-state index in [1.165, 1.54) is 0 Å². The molecule has 1 aromatic carbocycles. The molecule has 0 aliphatic carbocycles. The summed E-state index contributed by atoms with van der Waals surface area (Å²) >= 11 is 0. The molecule has 1 aromatic rings. The van der Waals surface area contributed by atoms with Gasteiger partial charge in [-0.3, -0.25) is 4.99 Å². The molecule has 0 radical (unpaired) electrons. The van der Waals surface area contributed by atoms with Gasteiger partial charge in [0.15, 0.2) is 0 Å². The molecule has 0 amide bonds. The van der Waals surface area contributed by atoms with Crippen molar-refractivity contribution in [3.05, 3.63) is 41.6 Å². The van der Waals surface area contributed by atoms with Crippen molar-refractivity contribution in [3.8, 4) is 0 Å². The number of hydrogen-bond donors (Lipinski definition) is 1. The summed E-state index contributed by atoms with van der Waals surface area (Å²) in [5.41, 5.74) is 7.96. The van der Waals surface area contributed by atoms with Crippen LogP contribution >= 0.6 is 0 Å². The minimum Gasteiger partial charge on any atom is -0.325 e. The maximum Gasteiger partial charge on any atom is 0.105 e. The third-order valence-electron chi connectivity index (χ3n) is 3.00. The van der Waals surface area contributed by atoms with Crippen molar-refractivity contribution >= 4 is 12.3 Å².